The molecule has 0 N–H and O–H groups in total. The molecule has 0 unspecified atom stereocenters. The van der Waals surface area contributed by atoms with Crippen LogP contribution in [0.4, 0.5) is 4.39 Å². The molecule has 174 valence electrons. The van der Waals surface area contributed by atoms with Crippen LogP contribution in [0.5, 0.6) is 5.75 Å². The summed E-state index contributed by atoms with van der Waals surface area (Å²) in [6.07, 6.45) is 1.67. The van der Waals surface area contributed by atoms with Gasteiger partial charge in [0.15, 0.2) is 11.6 Å². The fraction of sp³-hybridized carbons (Fsp3) is 0.500. The van der Waals surface area contributed by atoms with E-state index in [1.54, 1.807) is 39.3 Å². The molecule has 0 radical (unpaired) electrons. The van der Waals surface area contributed by atoms with Gasteiger partial charge in [-0.25, -0.2) is 4.39 Å². The summed E-state index contributed by atoms with van der Waals surface area (Å²) in [5, 5.41) is 2.01. The average Bonchev–Trinajstić information content (AvgIpc) is 3.27. The van der Waals surface area contributed by atoms with Gasteiger partial charge in [-0.1, -0.05) is 32.4 Å². The molecule has 0 aliphatic carbocycles. The Morgan fingerprint density at radius 2 is 2.09 bits per heavy atom. The molecule has 2 heterocycles. The van der Waals surface area contributed by atoms with E-state index in [-0.39, 0.29) is 49.3 Å². The minimum Gasteiger partial charge on any atom is -0.488 e. The lowest BCUT2D eigenvalue weighted by Gasteiger charge is -2.37. The minimum absolute atomic E-state index is 0.0117. The van der Waals surface area contributed by atoms with Crippen LogP contribution in [0.25, 0.3) is 0 Å². The third kappa shape index (κ3) is 5.86. The van der Waals surface area contributed by atoms with Gasteiger partial charge in [-0.2, -0.15) is 0 Å². The predicted octanol–water partition coefficient (Wildman–Crippen LogP) is 3.91. The van der Waals surface area contributed by atoms with Crippen molar-refractivity contribution in [1.82, 2.24) is 9.80 Å². The SMILES string of the molecule is CC[C@@H](C)CN(CC(=O)N1CCc2sccc2[C@H]1COc1ccccc1F)C(=O)COC. The molecule has 8 heteroatoms. The summed E-state index contributed by atoms with van der Waals surface area (Å²) >= 11 is 1.66. The van der Waals surface area contributed by atoms with E-state index in [1.165, 1.54) is 18.1 Å². The average molecular weight is 463 g/mol. The Bertz CT molecular complexity index is 919. The highest BCUT2D eigenvalue weighted by atomic mass is 32.1. The van der Waals surface area contributed by atoms with Crippen LogP contribution in [0.15, 0.2) is 35.7 Å². The molecule has 2 atom stereocenters. The molecule has 0 saturated carbocycles. The normalized spacial score (nSPS) is 16.4. The molecule has 1 aromatic heterocycles. The molecule has 0 saturated heterocycles. The standard InChI is InChI=1S/C24H31FN2O4S/c1-4-17(2)13-26(24(29)16-30-3)14-23(28)27-11-9-22-18(10-12-32-22)20(27)15-31-21-8-6-5-7-19(21)25/h5-8,10,12,17,20H,4,9,11,13-16H2,1-3H3/t17-,20-/m1/s1. The highest BCUT2D eigenvalue weighted by Gasteiger charge is 2.33. The molecule has 1 aliphatic rings. The molecule has 2 amide bonds. The summed E-state index contributed by atoms with van der Waals surface area (Å²) in [4.78, 5) is 30.5. The van der Waals surface area contributed by atoms with Gasteiger partial charge in [0.25, 0.3) is 0 Å². The Labute approximate surface area is 192 Å². The van der Waals surface area contributed by atoms with E-state index >= 15 is 0 Å². The van der Waals surface area contributed by atoms with E-state index < -0.39 is 5.82 Å². The molecule has 1 aliphatic heterocycles. The lowest BCUT2D eigenvalue weighted by Crippen LogP contribution is -2.49. The zero-order valence-corrected chi connectivity index (χ0v) is 19.7. The van der Waals surface area contributed by atoms with Crippen molar-refractivity contribution < 1.29 is 23.5 Å². The van der Waals surface area contributed by atoms with Gasteiger partial charge in [-0.05, 0) is 41.5 Å². The number of methoxy groups -OCH3 is 1. The van der Waals surface area contributed by atoms with Gasteiger partial charge in [-0.3, -0.25) is 9.59 Å². The number of rotatable bonds is 10. The number of hydrogen-bond acceptors (Lipinski definition) is 5. The van der Waals surface area contributed by atoms with Gasteiger partial charge in [0, 0.05) is 25.1 Å². The third-order valence-electron chi connectivity index (χ3n) is 5.82. The van der Waals surface area contributed by atoms with Gasteiger partial charge >= 0.3 is 0 Å². The Balaban J connectivity index is 1.77. The number of para-hydroxylation sites is 1. The summed E-state index contributed by atoms with van der Waals surface area (Å²) in [5.41, 5.74) is 1.03. The lowest BCUT2D eigenvalue weighted by molar-refractivity contribution is -0.145. The van der Waals surface area contributed by atoms with Crippen molar-refractivity contribution in [2.45, 2.75) is 32.7 Å². The highest BCUT2D eigenvalue weighted by molar-refractivity contribution is 7.10. The summed E-state index contributed by atoms with van der Waals surface area (Å²) in [6.45, 7) is 5.23. The van der Waals surface area contributed by atoms with Crippen LogP contribution in [0, 0.1) is 11.7 Å². The van der Waals surface area contributed by atoms with Gasteiger partial charge in [-0.15, -0.1) is 11.3 Å². The molecule has 3 rings (SSSR count). The number of carbonyl (C=O) groups is 2. The summed E-state index contributed by atoms with van der Waals surface area (Å²) < 4.78 is 24.9. The zero-order valence-electron chi connectivity index (χ0n) is 18.9. The fourth-order valence-corrected chi connectivity index (χ4v) is 4.76. The summed E-state index contributed by atoms with van der Waals surface area (Å²) in [6, 6.07) is 7.92. The topological polar surface area (TPSA) is 59.1 Å². The molecule has 32 heavy (non-hydrogen) atoms. The number of hydrogen-bond donors (Lipinski definition) is 0. The third-order valence-corrected chi connectivity index (χ3v) is 6.82. The van der Waals surface area contributed by atoms with E-state index in [0.717, 1.165) is 18.4 Å². The molecule has 1 aromatic carbocycles. The first-order valence-corrected chi connectivity index (χ1v) is 11.8. The zero-order chi connectivity index (χ0) is 23.1. The first-order chi connectivity index (χ1) is 15.4. The number of nitrogens with zero attached hydrogens (tertiary/aromatic N) is 2. The molecule has 0 fully saturated rings. The fourth-order valence-electron chi connectivity index (χ4n) is 3.83. The second kappa shape index (κ2) is 11.4. The van der Waals surface area contributed by atoms with Crippen LogP contribution in [0.1, 0.15) is 36.8 Å². The number of halogens is 1. The summed E-state index contributed by atoms with van der Waals surface area (Å²) in [7, 11) is 1.47. The second-order valence-corrected chi connectivity index (χ2v) is 9.11. The van der Waals surface area contributed by atoms with Gasteiger partial charge in [0.2, 0.25) is 11.8 Å². The number of amides is 2. The largest absolute Gasteiger partial charge is 0.488 e. The van der Waals surface area contributed by atoms with Crippen LogP contribution in [0.2, 0.25) is 0 Å². The Kier molecular flexibility index (Phi) is 8.64. The van der Waals surface area contributed by atoms with Gasteiger partial charge in [0.1, 0.15) is 13.2 Å². The quantitative estimate of drug-likeness (QED) is 0.537. The monoisotopic (exact) mass is 462 g/mol. The first-order valence-electron chi connectivity index (χ1n) is 10.9. The molecule has 0 bridgehead atoms. The second-order valence-electron chi connectivity index (χ2n) is 8.11. The highest BCUT2D eigenvalue weighted by Crippen LogP contribution is 2.34. The number of fused-ring (bicyclic) bond motifs is 1. The Morgan fingerprint density at radius 3 is 2.81 bits per heavy atom. The minimum atomic E-state index is -0.434. The molecule has 0 spiro atoms. The summed E-state index contributed by atoms with van der Waals surface area (Å²) in [5.74, 6) is -0.341. The maximum atomic E-state index is 14.1. The van der Waals surface area contributed by atoms with Gasteiger partial charge in [0.05, 0.1) is 12.6 Å². The number of thiophene rings is 1. The van der Waals surface area contributed by atoms with Crippen LogP contribution in [0.3, 0.4) is 0 Å². The van der Waals surface area contributed by atoms with Crippen LogP contribution < -0.4 is 4.74 Å². The predicted molar refractivity (Wildman–Crippen MR) is 122 cm³/mol. The van der Waals surface area contributed by atoms with E-state index in [2.05, 4.69) is 13.8 Å². The van der Waals surface area contributed by atoms with Crippen molar-refractivity contribution in [2.24, 2.45) is 5.92 Å². The maximum Gasteiger partial charge on any atom is 0.249 e. The molecule has 6 nitrogen and oxygen atoms in total. The number of carbonyl (C=O) groups excluding carboxylic acids is 2. The van der Waals surface area contributed by atoms with E-state index in [0.29, 0.717) is 13.1 Å². The van der Waals surface area contributed by atoms with Crippen molar-refractivity contribution in [3.63, 3.8) is 0 Å². The Morgan fingerprint density at radius 1 is 1.31 bits per heavy atom. The van der Waals surface area contributed by atoms with Gasteiger partial charge < -0.3 is 19.3 Å². The molecule has 2 aromatic rings. The van der Waals surface area contributed by atoms with Crippen molar-refractivity contribution in [3.05, 3.63) is 52.0 Å². The Hall–Kier alpha value is -2.45. The van der Waals surface area contributed by atoms with Crippen LogP contribution >= 0.6 is 11.3 Å². The number of benzene rings is 1. The number of ether oxygens (including phenoxy) is 2. The van der Waals surface area contributed by atoms with E-state index in [1.807, 2.05) is 11.4 Å². The smallest absolute Gasteiger partial charge is 0.249 e. The van der Waals surface area contributed by atoms with Crippen LogP contribution in [-0.2, 0) is 20.7 Å². The molecular weight excluding hydrogens is 431 g/mol. The maximum absolute atomic E-state index is 14.1. The van der Waals surface area contributed by atoms with E-state index in [4.69, 9.17) is 9.47 Å². The van der Waals surface area contributed by atoms with Crippen molar-refractivity contribution in [3.8, 4) is 5.75 Å². The molecular formula is C24H31FN2O4S. The van der Waals surface area contributed by atoms with Crippen molar-refractivity contribution in [2.75, 3.05) is 40.0 Å². The van der Waals surface area contributed by atoms with Crippen molar-refractivity contribution >= 4 is 23.2 Å². The van der Waals surface area contributed by atoms with Crippen LogP contribution in [-0.4, -0.2) is 61.6 Å². The first kappa shape index (κ1) is 24.2. The lowest BCUT2D eigenvalue weighted by atomic mass is 10.00. The van der Waals surface area contributed by atoms with Crippen molar-refractivity contribution in [1.29, 1.82) is 0 Å². The van der Waals surface area contributed by atoms with E-state index in [9.17, 15) is 14.0 Å².